The number of nitrogens with zero attached hydrogens (tertiary/aromatic N) is 2. The van der Waals surface area contributed by atoms with Gasteiger partial charge in [-0.05, 0) is 65.6 Å². The highest BCUT2D eigenvalue weighted by molar-refractivity contribution is 7.85. The first kappa shape index (κ1) is 33.0. The summed E-state index contributed by atoms with van der Waals surface area (Å²) in [5, 5.41) is 16.1. The van der Waals surface area contributed by atoms with Crippen molar-refractivity contribution >= 4 is 54.5 Å². The lowest BCUT2D eigenvalue weighted by Gasteiger charge is -2.29. The van der Waals surface area contributed by atoms with Crippen LogP contribution in [0, 0.1) is 0 Å². The Bertz CT molecular complexity index is 2310. The number of aliphatic hydroxyl groups is 1. The molecule has 7 rings (SSSR count). The zero-order chi connectivity index (χ0) is 34.9. The van der Waals surface area contributed by atoms with Crippen molar-refractivity contribution in [3.8, 4) is 0 Å². The third-order valence-corrected chi connectivity index (χ3v) is 11.4. The minimum atomic E-state index is -4.14. The summed E-state index contributed by atoms with van der Waals surface area (Å²) in [5.74, 6) is -0.633. The van der Waals surface area contributed by atoms with Gasteiger partial charge in [0.2, 0.25) is 11.5 Å². The molecule has 3 aliphatic rings. The van der Waals surface area contributed by atoms with Crippen molar-refractivity contribution in [1.82, 2.24) is 0 Å². The smallest absolute Gasteiger partial charge is 0.265 e. The molecule has 0 spiro atoms. The van der Waals surface area contributed by atoms with Crippen LogP contribution in [-0.2, 0) is 25.7 Å². The van der Waals surface area contributed by atoms with Gasteiger partial charge in [0.15, 0.2) is 5.71 Å². The summed E-state index contributed by atoms with van der Waals surface area (Å²) in [7, 11) is -4.14. The second kappa shape index (κ2) is 11.8. The molecule has 49 heavy (non-hydrogen) atoms. The van der Waals surface area contributed by atoms with E-state index in [1.165, 1.54) is 16.3 Å². The van der Waals surface area contributed by atoms with E-state index in [-0.39, 0.29) is 29.3 Å². The largest absolute Gasteiger partial charge is 0.506 e. The lowest BCUT2D eigenvalue weighted by molar-refractivity contribution is -0.437. The van der Waals surface area contributed by atoms with Crippen LogP contribution >= 0.6 is 0 Å². The molecule has 0 amide bonds. The maximum atomic E-state index is 14.0. The summed E-state index contributed by atoms with van der Waals surface area (Å²) in [6.07, 6.45) is 5.87. The molecule has 0 bridgehead atoms. The lowest BCUT2D eigenvalue weighted by Crippen LogP contribution is -2.32. The van der Waals surface area contributed by atoms with E-state index in [9.17, 15) is 22.9 Å². The Morgan fingerprint density at radius 3 is 2.08 bits per heavy atom. The first-order valence-corrected chi connectivity index (χ1v) is 18.7. The van der Waals surface area contributed by atoms with E-state index >= 15 is 0 Å². The average molecular weight is 676 g/mol. The Morgan fingerprint density at radius 1 is 0.816 bits per heavy atom. The summed E-state index contributed by atoms with van der Waals surface area (Å²) in [5.41, 5.74) is 5.70. The molecule has 1 aliphatic carbocycles. The summed E-state index contributed by atoms with van der Waals surface area (Å²) in [6, 6.07) is 24.9. The van der Waals surface area contributed by atoms with E-state index in [0.29, 0.717) is 12.1 Å². The molecule has 0 atom stereocenters. The maximum Gasteiger partial charge on any atom is 0.265 e. The number of hydrogen-bond acceptors (Lipinski definition) is 5. The maximum absolute atomic E-state index is 14.0. The molecule has 4 aromatic carbocycles. The zero-order valence-corrected chi connectivity index (χ0v) is 29.6. The molecule has 4 aromatic rings. The van der Waals surface area contributed by atoms with Gasteiger partial charge in [0.1, 0.15) is 12.3 Å². The predicted octanol–water partition coefficient (Wildman–Crippen LogP) is 8.45. The molecule has 0 saturated carbocycles. The third-order valence-electron chi connectivity index (χ3n) is 10.6. The molecule has 7 nitrogen and oxygen atoms in total. The predicted molar refractivity (Wildman–Crippen MR) is 198 cm³/mol. The van der Waals surface area contributed by atoms with Gasteiger partial charge >= 0.3 is 0 Å². The Hall–Kier alpha value is -4.53. The quantitative estimate of drug-likeness (QED) is 0.105. The first-order chi connectivity index (χ1) is 23.3. The second-order valence-corrected chi connectivity index (χ2v) is 16.0. The van der Waals surface area contributed by atoms with Gasteiger partial charge in [-0.25, -0.2) is 0 Å². The van der Waals surface area contributed by atoms with Crippen molar-refractivity contribution < 1.29 is 27.4 Å². The molecule has 0 unspecified atom stereocenters. The molecule has 0 fully saturated rings. The number of carbonyl (C=O) groups excluding carboxylic acids is 1. The van der Waals surface area contributed by atoms with Gasteiger partial charge < -0.3 is 10.0 Å². The molecular formula is C41H43N2O5S+. The van der Waals surface area contributed by atoms with E-state index in [1.807, 2.05) is 41.0 Å². The fourth-order valence-electron chi connectivity index (χ4n) is 8.18. The Balaban J connectivity index is 1.33. The number of carbonyl (C=O) groups is 1. The van der Waals surface area contributed by atoms with Gasteiger partial charge in [0.25, 0.3) is 10.1 Å². The summed E-state index contributed by atoms with van der Waals surface area (Å²) in [6.45, 7) is 11.9. The van der Waals surface area contributed by atoms with Crippen molar-refractivity contribution in [1.29, 1.82) is 0 Å². The highest BCUT2D eigenvalue weighted by Gasteiger charge is 2.48. The number of anilines is 1. The van der Waals surface area contributed by atoms with Crippen LogP contribution in [0.15, 0.2) is 108 Å². The van der Waals surface area contributed by atoms with Crippen LogP contribution in [0.25, 0.3) is 21.5 Å². The highest BCUT2D eigenvalue weighted by atomic mass is 32.2. The summed E-state index contributed by atoms with van der Waals surface area (Å²) < 4.78 is 34.7. The van der Waals surface area contributed by atoms with Crippen molar-refractivity contribution in [2.24, 2.45) is 0 Å². The SMILES string of the molecule is CCCCN1/C(=C/C2=C(O)C(=CC3=[N+](CCCS(=O)(=O)O)c4ccc5ccccc5c4C3(C)C)C2=O)C(C)(C)c2c1ccc1ccccc21. The fourth-order valence-corrected chi connectivity index (χ4v) is 8.67. The molecule has 0 radical (unpaired) electrons. The molecule has 2 N–H and O–H groups in total. The van der Waals surface area contributed by atoms with Gasteiger partial charge in [-0.2, -0.15) is 13.0 Å². The van der Waals surface area contributed by atoms with E-state index in [4.69, 9.17) is 0 Å². The van der Waals surface area contributed by atoms with Crippen molar-refractivity contribution in [3.63, 3.8) is 0 Å². The molecule has 0 saturated heterocycles. The number of fused-ring (bicyclic) bond motifs is 6. The number of allylic oxidation sites excluding steroid dienone is 5. The highest BCUT2D eigenvalue weighted by Crippen LogP contribution is 2.52. The topological polar surface area (TPSA) is 97.9 Å². The van der Waals surface area contributed by atoms with E-state index < -0.39 is 20.9 Å². The first-order valence-electron chi connectivity index (χ1n) is 17.1. The monoisotopic (exact) mass is 675 g/mol. The van der Waals surface area contributed by atoms with Crippen LogP contribution in [0.2, 0.25) is 0 Å². The minimum Gasteiger partial charge on any atom is -0.506 e. The number of aliphatic hydroxyl groups excluding tert-OH is 1. The number of Topliss-reactive ketones (excluding diaryl/α,β-unsaturated/α-hetero) is 1. The molecule has 8 heteroatoms. The normalized spacial score (nSPS) is 19.8. The number of benzene rings is 4. The van der Waals surface area contributed by atoms with Crippen LogP contribution in [-0.4, -0.2) is 53.0 Å². The Morgan fingerprint density at radius 2 is 1.45 bits per heavy atom. The van der Waals surface area contributed by atoms with E-state index in [0.717, 1.165) is 58.5 Å². The fraction of sp³-hybridized carbons (Fsp3) is 0.317. The number of rotatable bonds is 9. The molecule has 2 aliphatic heterocycles. The van der Waals surface area contributed by atoms with Crippen LogP contribution < -0.4 is 4.90 Å². The van der Waals surface area contributed by atoms with Crippen molar-refractivity contribution in [3.05, 3.63) is 119 Å². The van der Waals surface area contributed by atoms with Crippen LogP contribution in [0.3, 0.4) is 0 Å². The molecule has 0 aromatic heterocycles. The minimum absolute atomic E-state index is 0.0356. The van der Waals surface area contributed by atoms with E-state index in [1.54, 1.807) is 6.08 Å². The van der Waals surface area contributed by atoms with Crippen LogP contribution in [0.5, 0.6) is 0 Å². The Labute approximate surface area is 288 Å². The van der Waals surface area contributed by atoms with Gasteiger partial charge in [-0.1, -0.05) is 81.8 Å². The lowest BCUT2D eigenvalue weighted by atomic mass is 9.76. The molecule has 2 heterocycles. The van der Waals surface area contributed by atoms with E-state index in [2.05, 4.69) is 82.0 Å². The average Bonchev–Trinajstić information content (AvgIpc) is 3.42. The van der Waals surface area contributed by atoms with Gasteiger partial charge in [-0.15, -0.1) is 0 Å². The number of unbranched alkanes of at least 4 members (excludes halogenated alkanes) is 1. The summed E-state index contributed by atoms with van der Waals surface area (Å²) in [4.78, 5) is 16.3. The van der Waals surface area contributed by atoms with Crippen molar-refractivity contribution in [2.75, 3.05) is 23.7 Å². The standard InChI is InChI=1S/C41H42N2O5S/c1-6-7-21-42-32-19-17-26-13-8-10-15-28(26)36(32)40(2,3)34(42)24-30-38(44)31(39(30)45)25-35-41(4,5)37-29-16-11-9-14-27(29)18-20-33(37)43(35)22-12-23-49(46,47)48/h8-11,13-20,24-25H,6-7,12,21-23H2,1-5H3,(H-,44,45,46,47,48)/p+1. The van der Waals surface area contributed by atoms with Crippen LogP contribution in [0.4, 0.5) is 11.4 Å². The number of ketones is 1. The second-order valence-electron chi connectivity index (χ2n) is 14.5. The molecule has 252 valence electrons. The Kier molecular flexibility index (Phi) is 7.95. The third kappa shape index (κ3) is 5.33. The van der Waals surface area contributed by atoms with Gasteiger partial charge in [-0.3, -0.25) is 9.35 Å². The molecular weight excluding hydrogens is 633 g/mol. The summed E-state index contributed by atoms with van der Waals surface area (Å²) >= 11 is 0. The van der Waals surface area contributed by atoms with Crippen molar-refractivity contribution in [2.45, 2.75) is 64.7 Å². The van der Waals surface area contributed by atoms with Gasteiger partial charge in [0.05, 0.1) is 22.3 Å². The number of hydrogen-bond donors (Lipinski definition) is 2. The zero-order valence-electron chi connectivity index (χ0n) is 28.7. The van der Waals surface area contributed by atoms with Gasteiger partial charge in [0, 0.05) is 47.5 Å². The van der Waals surface area contributed by atoms with Crippen LogP contribution in [0.1, 0.15) is 65.0 Å².